The van der Waals surface area contributed by atoms with Crippen molar-refractivity contribution in [2.45, 2.75) is 39.2 Å². The second-order valence-electron chi connectivity index (χ2n) is 3.96. The number of benzene rings is 1. The van der Waals surface area contributed by atoms with Gasteiger partial charge in [-0.25, -0.2) is 0 Å². The highest BCUT2D eigenvalue weighted by Crippen LogP contribution is 2.20. The zero-order valence-corrected chi connectivity index (χ0v) is 10.5. The van der Waals surface area contributed by atoms with E-state index in [2.05, 4.69) is 48.0 Å². The molecular formula is C12H18BrN. The molecule has 14 heavy (non-hydrogen) atoms. The van der Waals surface area contributed by atoms with E-state index in [0.717, 1.165) is 12.8 Å². The number of halogens is 1. The summed E-state index contributed by atoms with van der Waals surface area (Å²) in [5.41, 5.74) is 8.39. The fourth-order valence-electron chi connectivity index (χ4n) is 1.47. The van der Waals surface area contributed by atoms with E-state index in [0.29, 0.717) is 6.04 Å². The summed E-state index contributed by atoms with van der Waals surface area (Å²) in [7, 11) is 0. The van der Waals surface area contributed by atoms with Crippen molar-refractivity contribution in [2.24, 2.45) is 5.73 Å². The summed E-state index contributed by atoms with van der Waals surface area (Å²) in [5.74, 6) is 0. The highest BCUT2D eigenvalue weighted by Gasteiger charge is 2.01. The minimum absolute atomic E-state index is 0.319. The lowest BCUT2D eigenvalue weighted by atomic mass is 10.0. The second kappa shape index (κ2) is 5.52. The molecule has 1 unspecified atom stereocenters. The summed E-state index contributed by atoms with van der Waals surface area (Å²) in [6, 6.07) is 6.84. The molecule has 1 nitrogen and oxygen atoms in total. The second-order valence-corrected chi connectivity index (χ2v) is 4.82. The molecule has 0 spiro atoms. The van der Waals surface area contributed by atoms with E-state index in [1.165, 1.54) is 22.0 Å². The number of nitrogens with two attached hydrogens (primary N) is 1. The van der Waals surface area contributed by atoms with Crippen molar-refractivity contribution in [1.82, 2.24) is 0 Å². The SMILES string of the molecule is Cc1ccc(CCCC(C)N)c(Br)c1. The minimum Gasteiger partial charge on any atom is -0.328 e. The smallest absolute Gasteiger partial charge is 0.0209 e. The van der Waals surface area contributed by atoms with Crippen LogP contribution in [0.4, 0.5) is 0 Å². The molecule has 0 saturated carbocycles. The predicted octanol–water partition coefficient (Wildman–Crippen LogP) is 3.43. The van der Waals surface area contributed by atoms with Crippen molar-refractivity contribution < 1.29 is 0 Å². The first-order chi connectivity index (χ1) is 6.59. The maximum Gasteiger partial charge on any atom is 0.0209 e. The van der Waals surface area contributed by atoms with Crippen molar-refractivity contribution >= 4 is 15.9 Å². The Bertz CT molecular complexity index is 294. The molecule has 0 aliphatic rings. The Balaban J connectivity index is 2.51. The molecule has 1 aromatic carbocycles. The summed E-state index contributed by atoms with van der Waals surface area (Å²) < 4.78 is 1.22. The Morgan fingerprint density at radius 2 is 2.14 bits per heavy atom. The third kappa shape index (κ3) is 3.81. The van der Waals surface area contributed by atoms with Crippen LogP contribution in [0.5, 0.6) is 0 Å². The molecule has 0 bridgehead atoms. The monoisotopic (exact) mass is 255 g/mol. The Morgan fingerprint density at radius 1 is 1.43 bits per heavy atom. The molecule has 0 heterocycles. The summed E-state index contributed by atoms with van der Waals surface area (Å²) >= 11 is 3.58. The molecule has 0 fully saturated rings. The van der Waals surface area contributed by atoms with Crippen LogP contribution < -0.4 is 5.73 Å². The Morgan fingerprint density at radius 3 is 2.71 bits per heavy atom. The lowest BCUT2D eigenvalue weighted by Crippen LogP contribution is -2.14. The third-order valence-corrected chi connectivity index (χ3v) is 3.05. The molecule has 0 aromatic heterocycles. The molecule has 1 aromatic rings. The lowest BCUT2D eigenvalue weighted by molar-refractivity contribution is 0.623. The van der Waals surface area contributed by atoms with Gasteiger partial charge in [0.25, 0.3) is 0 Å². The quantitative estimate of drug-likeness (QED) is 0.877. The van der Waals surface area contributed by atoms with Crippen molar-refractivity contribution in [3.63, 3.8) is 0 Å². The van der Waals surface area contributed by atoms with Crippen LogP contribution in [0, 0.1) is 6.92 Å². The van der Waals surface area contributed by atoms with E-state index in [1.807, 2.05) is 0 Å². The van der Waals surface area contributed by atoms with Gasteiger partial charge in [-0.05, 0) is 50.3 Å². The summed E-state index contributed by atoms with van der Waals surface area (Å²) in [6.45, 7) is 4.17. The molecule has 0 radical (unpaired) electrons. The maximum atomic E-state index is 5.71. The fraction of sp³-hybridized carbons (Fsp3) is 0.500. The zero-order valence-electron chi connectivity index (χ0n) is 8.89. The molecule has 1 rings (SSSR count). The molecule has 0 aliphatic heterocycles. The van der Waals surface area contributed by atoms with Crippen LogP contribution >= 0.6 is 15.9 Å². The van der Waals surface area contributed by atoms with Gasteiger partial charge >= 0.3 is 0 Å². The molecular weight excluding hydrogens is 238 g/mol. The standard InChI is InChI=1S/C12H18BrN/c1-9-6-7-11(12(13)8-9)5-3-4-10(2)14/h6-8,10H,3-5,14H2,1-2H3. The van der Waals surface area contributed by atoms with Crippen molar-refractivity contribution in [3.05, 3.63) is 33.8 Å². The van der Waals surface area contributed by atoms with E-state index >= 15 is 0 Å². The zero-order chi connectivity index (χ0) is 10.6. The molecule has 0 saturated heterocycles. The van der Waals surface area contributed by atoms with Gasteiger partial charge in [-0.15, -0.1) is 0 Å². The van der Waals surface area contributed by atoms with E-state index < -0.39 is 0 Å². The number of hydrogen-bond donors (Lipinski definition) is 1. The Hall–Kier alpha value is -0.340. The third-order valence-electron chi connectivity index (χ3n) is 2.31. The fourth-order valence-corrected chi connectivity index (χ4v) is 2.16. The van der Waals surface area contributed by atoms with Gasteiger partial charge in [0.05, 0.1) is 0 Å². The van der Waals surface area contributed by atoms with E-state index in [4.69, 9.17) is 5.73 Å². The highest BCUT2D eigenvalue weighted by atomic mass is 79.9. The molecule has 2 heteroatoms. The molecule has 0 amide bonds. The van der Waals surface area contributed by atoms with Crippen LogP contribution in [-0.2, 0) is 6.42 Å². The van der Waals surface area contributed by atoms with Gasteiger partial charge in [0.1, 0.15) is 0 Å². The topological polar surface area (TPSA) is 26.0 Å². The van der Waals surface area contributed by atoms with Gasteiger partial charge < -0.3 is 5.73 Å². The summed E-state index contributed by atoms with van der Waals surface area (Å²) in [6.07, 6.45) is 3.38. The largest absolute Gasteiger partial charge is 0.328 e. The van der Waals surface area contributed by atoms with Gasteiger partial charge in [0.2, 0.25) is 0 Å². The van der Waals surface area contributed by atoms with E-state index in [9.17, 15) is 0 Å². The van der Waals surface area contributed by atoms with Gasteiger partial charge in [0.15, 0.2) is 0 Å². The Labute approximate surface area is 94.8 Å². The lowest BCUT2D eigenvalue weighted by Gasteiger charge is -2.07. The first kappa shape index (κ1) is 11.7. The minimum atomic E-state index is 0.319. The predicted molar refractivity (Wildman–Crippen MR) is 65.5 cm³/mol. The molecule has 0 aliphatic carbocycles. The maximum absolute atomic E-state index is 5.71. The van der Waals surface area contributed by atoms with Crippen LogP contribution in [0.3, 0.4) is 0 Å². The van der Waals surface area contributed by atoms with Crippen LogP contribution in [0.25, 0.3) is 0 Å². The molecule has 78 valence electrons. The van der Waals surface area contributed by atoms with Crippen molar-refractivity contribution in [2.75, 3.05) is 0 Å². The van der Waals surface area contributed by atoms with Crippen LogP contribution in [-0.4, -0.2) is 6.04 Å². The van der Waals surface area contributed by atoms with Crippen molar-refractivity contribution in [3.8, 4) is 0 Å². The average molecular weight is 256 g/mol. The van der Waals surface area contributed by atoms with Crippen LogP contribution in [0.1, 0.15) is 30.9 Å². The van der Waals surface area contributed by atoms with Crippen LogP contribution in [0.2, 0.25) is 0 Å². The highest BCUT2D eigenvalue weighted by molar-refractivity contribution is 9.10. The van der Waals surface area contributed by atoms with E-state index in [1.54, 1.807) is 0 Å². The van der Waals surface area contributed by atoms with Gasteiger partial charge in [-0.3, -0.25) is 0 Å². The van der Waals surface area contributed by atoms with E-state index in [-0.39, 0.29) is 0 Å². The number of aryl methyl sites for hydroxylation is 2. The first-order valence-corrected chi connectivity index (χ1v) is 5.89. The summed E-state index contributed by atoms with van der Waals surface area (Å²) in [4.78, 5) is 0. The normalized spacial score (nSPS) is 12.9. The first-order valence-electron chi connectivity index (χ1n) is 5.10. The number of rotatable bonds is 4. The van der Waals surface area contributed by atoms with Gasteiger partial charge in [-0.1, -0.05) is 28.1 Å². The van der Waals surface area contributed by atoms with Crippen molar-refractivity contribution in [1.29, 1.82) is 0 Å². The molecule has 2 N–H and O–H groups in total. The van der Waals surface area contributed by atoms with Crippen LogP contribution in [0.15, 0.2) is 22.7 Å². The average Bonchev–Trinajstić information content (AvgIpc) is 2.08. The van der Waals surface area contributed by atoms with Gasteiger partial charge in [0, 0.05) is 10.5 Å². The Kier molecular flexibility index (Phi) is 4.63. The number of hydrogen-bond acceptors (Lipinski definition) is 1. The molecule has 1 atom stereocenters. The van der Waals surface area contributed by atoms with Gasteiger partial charge in [-0.2, -0.15) is 0 Å². The summed E-state index contributed by atoms with van der Waals surface area (Å²) in [5, 5.41) is 0.